The summed E-state index contributed by atoms with van der Waals surface area (Å²) in [5.74, 6) is 0.640. The summed E-state index contributed by atoms with van der Waals surface area (Å²) in [6.07, 6.45) is 7.62. The van der Waals surface area contributed by atoms with E-state index in [1.165, 1.54) is 16.7 Å². The van der Waals surface area contributed by atoms with Crippen LogP contribution in [-0.4, -0.2) is 4.98 Å². The van der Waals surface area contributed by atoms with Gasteiger partial charge in [-0.3, -0.25) is 10.4 Å². The molecule has 2 heterocycles. The number of nitrogens with zero attached hydrogens (tertiary/aromatic N) is 2. The molecule has 1 aromatic heterocycles. The van der Waals surface area contributed by atoms with E-state index in [4.69, 9.17) is 9.40 Å². The second-order valence-electron chi connectivity index (χ2n) is 13.1. The van der Waals surface area contributed by atoms with Gasteiger partial charge in [0.25, 0.3) is 0 Å². The highest BCUT2D eigenvalue weighted by Gasteiger charge is 2.28. The molecule has 0 aliphatic carbocycles. The van der Waals surface area contributed by atoms with Gasteiger partial charge in [0.15, 0.2) is 5.58 Å². The fraction of sp³-hybridized carbons (Fsp3) is 0.237. The largest absolute Gasteiger partial charge is 0.436 e. The van der Waals surface area contributed by atoms with Gasteiger partial charge in [-0.1, -0.05) is 107 Å². The zero-order valence-electron chi connectivity index (χ0n) is 25.1. The summed E-state index contributed by atoms with van der Waals surface area (Å²) in [5, 5.41) is 2.21. The molecule has 0 saturated heterocycles. The number of nitrogens with one attached hydrogen (secondary N) is 1. The van der Waals surface area contributed by atoms with Crippen molar-refractivity contribution < 1.29 is 4.42 Å². The highest BCUT2D eigenvalue weighted by Crippen LogP contribution is 2.38. The molecule has 0 bridgehead atoms. The molecule has 0 spiro atoms. The third-order valence-electron chi connectivity index (χ3n) is 7.79. The number of aromatic nitrogens is 1. The molecule has 1 N–H and O–H groups in total. The fourth-order valence-corrected chi connectivity index (χ4v) is 6.12. The van der Waals surface area contributed by atoms with Crippen molar-refractivity contribution in [1.82, 2.24) is 10.4 Å². The predicted molar refractivity (Wildman–Crippen MR) is 175 cm³/mol. The minimum Gasteiger partial charge on any atom is -0.436 e. The van der Waals surface area contributed by atoms with Gasteiger partial charge in [0.05, 0.1) is 17.4 Å². The number of benzene rings is 4. The van der Waals surface area contributed by atoms with E-state index in [1.807, 2.05) is 6.07 Å². The zero-order valence-corrected chi connectivity index (χ0v) is 25.1. The first-order chi connectivity index (χ1) is 20.1. The van der Waals surface area contributed by atoms with Crippen LogP contribution in [0.4, 0.5) is 5.69 Å². The number of allylic oxidation sites excluding steroid dienone is 1. The molecular weight excluding hydrogens is 514 g/mol. The lowest BCUT2D eigenvalue weighted by molar-refractivity contribution is 0.284. The van der Waals surface area contributed by atoms with Crippen LogP contribution in [-0.2, 0) is 5.41 Å². The molecule has 1 aliphatic rings. The molecule has 5 aromatic rings. The molecular formula is C38H39N3O. The Morgan fingerprint density at radius 1 is 0.810 bits per heavy atom. The van der Waals surface area contributed by atoms with Crippen molar-refractivity contribution in [3.8, 4) is 11.5 Å². The van der Waals surface area contributed by atoms with E-state index in [9.17, 15) is 0 Å². The van der Waals surface area contributed by atoms with Crippen LogP contribution in [0.1, 0.15) is 63.8 Å². The number of oxazole rings is 1. The Balaban J connectivity index is 1.25. The van der Waals surface area contributed by atoms with Crippen LogP contribution in [0.3, 0.4) is 0 Å². The van der Waals surface area contributed by atoms with Crippen molar-refractivity contribution in [2.24, 2.45) is 5.41 Å². The zero-order chi connectivity index (χ0) is 29.3. The van der Waals surface area contributed by atoms with Gasteiger partial charge in [-0.2, -0.15) is 0 Å². The molecule has 0 fully saturated rings. The summed E-state index contributed by atoms with van der Waals surface area (Å²) in [4.78, 5) is 4.89. The van der Waals surface area contributed by atoms with Crippen LogP contribution in [0.15, 0.2) is 125 Å². The molecule has 4 nitrogen and oxygen atoms in total. The molecule has 42 heavy (non-hydrogen) atoms. The van der Waals surface area contributed by atoms with Crippen LogP contribution in [0, 0.1) is 5.41 Å². The van der Waals surface area contributed by atoms with E-state index < -0.39 is 0 Å². The highest BCUT2D eigenvalue weighted by atomic mass is 16.3. The standard InChI is InChI=1S/C38H39N3O/c1-37(2,3)26-38(4,5)30-19-23-35-33(24-30)39-36(42-35)29-17-21-32(22-18-29)41-34(28-14-10-7-11-15-28)25-31(40-41)20-16-27-12-8-6-9-13-27/h6-25,34,40H,26H2,1-5H3. The summed E-state index contributed by atoms with van der Waals surface area (Å²) >= 11 is 0. The summed E-state index contributed by atoms with van der Waals surface area (Å²) in [6.45, 7) is 11.5. The van der Waals surface area contributed by atoms with Crippen molar-refractivity contribution in [3.05, 3.63) is 138 Å². The Morgan fingerprint density at radius 3 is 2.19 bits per heavy atom. The van der Waals surface area contributed by atoms with Crippen molar-refractivity contribution in [2.75, 3.05) is 5.01 Å². The monoisotopic (exact) mass is 553 g/mol. The van der Waals surface area contributed by atoms with E-state index in [-0.39, 0.29) is 16.9 Å². The lowest BCUT2D eigenvalue weighted by Crippen LogP contribution is -2.34. The van der Waals surface area contributed by atoms with Gasteiger partial charge in [-0.05, 0) is 82.5 Å². The lowest BCUT2D eigenvalue weighted by Gasteiger charge is -2.32. The fourth-order valence-electron chi connectivity index (χ4n) is 6.12. The number of hydrogen-bond acceptors (Lipinski definition) is 4. The normalized spacial score (nSPS) is 15.8. The number of hydrogen-bond donors (Lipinski definition) is 1. The first kappa shape index (κ1) is 27.6. The molecule has 1 aliphatic heterocycles. The third kappa shape index (κ3) is 6.03. The predicted octanol–water partition coefficient (Wildman–Crippen LogP) is 9.87. The van der Waals surface area contributed by atoms with Gasteiger partial charge in [-0.25, -0.2) is 4.98 Å². The number of fused-ring (bicyclic) bond motifs is 1. The minimum absolute atomic E-state index is 0.0500. The summed E-state index contributed by atoms with van der Waals surface area (Å²) in [5.41, 5.74) is 12.4. The van der Waals surface area contributed by atoms with E-state index in [0.717, 1.165) is 34.5 Å². The molecule has 0 saturated carbocycles. The van der Waals surface area contributed by atoms with Gasteiger partial charge in [-0.15, -0.1) is 0 Å². The third-order valence-corrected chi connectivity index (χ3v) is 7.79. The second kappa shape index (κ2) is 11.0. The van der Waals surface area contributed by atoms with E-state index in [1.54, 1.807) is 0 Å². The summed E-state index contributed by atoms with van der Waals surface area (Å²) in [7, 11) is 0. The summed E-state index contributed by atoms with van der Waals surface area (Å²) < 4.78 is 6.21. The molecule has 6 rings (SSSR count). The Morgan fingerprint density at radius 2 is 1.50 bits per heavy atom. The van der Waals surface area contributed by atoms with Gasteiger partial charge < -0.3 is 4.42 Å². The maximum absolute atomic E-state index is 6.21. The maximum atomic E-state index is 6.21. The Bertz CT molecular complexity index is 1720. The smallest absolute Gasteiger partial charge is 0.227 e. The number of hydrazine groups is 1. The topological polar surface area (TPSA) is 41.3 Å². The van der Waals surface area contributed by atoms with Gasteiger partial charge in [0.2, 0.25) is 5.89 Å². The molecule has 0 radical (unpaired) electrons. The molecule has 212 valence electrons. The van der Waals surface area contributed by atoms with Gasteiger partial charge in [0.1, 0.15) is 5.52 Å². The Kier molecular flexibility index (Phi) is 7.24. The second-order valence-corrected chi connectivity index (χ2v) is 13.1. The van der Waals surface area contributed by atoms with Gasteiger partial charge >= 0.3 is 0 Å². The van der Waals surface area contributed by atoms with E-state index in [0.29, 0.717) is 5.89 Å². The van der Waals surface area contributed by atoms with Crippen LogP contribution < -0.4 is 10.4 Å². The van der Waals surface area contributed by atoms with Crippen LogP contribution in [0.5, 0.6) is 0 Å². The average Bonchev–Trinajstić information content (AvgIpc) is 3.60. The van der Waals surface area contributed by atoms with Crippen molar-refractivity contribution in [1.29, 1.82) is 0 Å². The van der Waals surface area contributed by atoms with Crippen LogP contribution >= 0.6 is 0 Å². The molecule has 1 unspecified atom stereocenters. The molecule has 4 heteroatoms. The molecule has 0 amide bonds. The van der Waals surface area contributed by atoms with Crippen molar-refractivity contribution in [2.45, 2.75) is 52.5 Å². The Labute approximate surface area is 249 Å². The van der Waals surface area contributed by atoms with Crippen LogP contribution in [0.25, 0.3) is 28.6 Å². The first-order valence-corrected chi connectivity index (χ1v) is 14.7. The summed E-state index contributed by atoms with van der Waals surface area (Å²) in [6, 6.07) is 35.9. The van der Waals surface area contributed by atoms with E-state index in [2.05, 4.69) is 160 Å². The molecule has 1 atom stereocenters. The highest BCUT2D eigenvalue weighted by molar-refractivity contribution is 5.77. The van der Waals surface area contributed by atoms with Gasteiger partial charge in [0, 0.05) is 5.56 Å². The minimum atomic E-state index is 0.0500. The Hall–Kier alpha value is -4.57. The number of rotatable bonds is 7. The number of anilines is 1. The van der Waals surface area contributed by atoms with Crippen molar-refractivity contribution in [3.63, 3.8) is 0 Å². The van der Waals surface area contributed by atoms with Crippen molar-refractivity contribution >= 4 is 22.9 Å². The molecule has 4 aromatic carbocycles. The van der Waals surface area contributed by atoms with Crippen LogP contribution in [0.2, 0.25) is 0 Å². The average molecular weight is 554 g/mol. The maximum Gasteiger partial charge on any atom is 0.227 e. The first-order valence-electron chi connectivity index (χ1n) is 14.7. The lowest BCUT2D eigenvalue weighted by atomic mass is 9.72. The van der Waals surface area contributed by atoms with E-state index >= 15 is 0 Å². The SMILES string of the molecule is CC(C)(C)CC(C)(C)c1ccc2oc(-c3ccc(N4NC(C=Cc5ccccc5)=CC4c4ccccc4)cc3)nc2c1. The quantitative estimate of drug-likeness (QED) is 0.218.